The minimum absolute atomic E-state index is 0.220. The molecule has 0 radical (unpaired) electrons. The summed E-state index contributed by atoms with van der Waals surface area (Å²) >= 11 is 0. The summed E-state index contributed by atoms with van der Waals surface area (Å²) in [5.74, 6) is 0.609. The van der Waals surface area contributed by atoms with E-state index >= 15 is 0 Å². The Kier molecular flexibility index (Phi) is 7.33. The predicted octanol–water partition coefficient (Wildman–Crippen LogP) is 3.59. The van der Waals surface area contributed by atoms with Crippen molar-refractivity contribution >= 4 is 21.6 Å². The third kappa shape index (κ3) is 5.31. The molecule has 7 nitrogen and oxygen atoms in total. The number of para-hydroxylation sites is 2. The van der Waals surface area contributed by atoms with Crippen molar-refractivity contribution in [1.29, 1.82) is 0 Å². The lowest BCUT2D eigenvalue weighted by atomic mass is 10.2. The summed E-state index contributed by atoms with van der Waals surface area (Å²) in [7, 11) is -2.08. The highest BCUT2D eigenvalue weighted by Gasteiger charge is 2.27. The fourth-order valence-corrected chi connectivity index (χ4v) is 5.22. The molecule has 0 bridgehead atoms. The molecule has 0 saturated carbocycles. The highest BCUT2D eigenvalue weighted by molar-refractivity contribution is 7.89. The molecule has 3 rings (SSSR count). The number of nitrogens with one attached hydrogen (secondary N) is 1. The van der Waals surface area contributed by atoms with Crippen LogP contribution in [0, 0.1) is 6.92 Å². The number of amides is 1. The van der Waals surface area contributed by atoms with Crippen LogP contribution in [-0.2, 0) is 14.8 Å². The van der Waals surface area contributed by atoms with E-state index < -0.39 is 10.0 Å². The molecule has 2 aromatic carbocycles. The van der Waals surface area contributed by atoms with Crippen LogP contribution in [0.4, 0.5) is 5.69 Å². The van der Waals surface area contributed by atoms with Crippen molar-refractivity contribution in [2.45, 2.75) is 37.5 Å². The number of carbonyl (C=O) groups is 1. The first kappa shape index (κ1) is 22.1. The fraction of sp³-hybridized carbons (Fsp3) is 0.409. The molecule has 1 aliphatic heterocycles. The van der Waals surface area contributed by atoms with Gasteiger partial charge < -0.3 is 14.8 Å². The number of hydrogen-bond acceptors (Lipinski definition) is 5. The van der Waals surface area contributed by atoms with Crippen LogP contribution in [0.3, 0.4) is 0 Å². The molecule has 0 aromatic heterocycles. The largest absolute Gasteiger partial charge is 0.493 e. The lowest BCUT2D eigenvalue weighted by molar-refractivity contribution is -0.118. The molecule has 0 aliphatic carbocycles. The summed E-state index contributed by atoms with van der Waals surface area (Å²) in [6.45, 7) is 2.61. The number of hydrogen-bond donors (Lipinski definition) is 1. The van der Waals surface area contributed by atoms with Gasteiger partial charge in [-0.15, -0.1) is 0 Å². The van der Waals surface area contributed by atoms with Gasteiger partial charge >= 0.3 is 0 Å². The van der Waals surface area contributed by atoms with Crippen molar-refractivity contribution in [2.75, 3.05) is 32.1 Å². The lowest BCUT2D eigenvalue weighted by Gasteiger charge is -2.21. The van der Waals surface area contributed by atoms with Gasteiger partial charge in [0.25, 0.3) is 5.91 Å². The van der Waals surface area contributed by atoms with Crippen molar-refractivity contribution in [1.82, 2.24) is 4.31 Å². The number of anilines is 1. The number of methoxy groups -OCH3 is 1. The monoisotopic (exact) mass is 432 g/mol. The molecule has 0 unspecified atom stereocenters. The molecule has 162 valence electrons. The van der Waals surface area contributed by atoms with Gasteiger partial charge in [-0.25, -0.2) is 8.42 Å². The number of benzene rings is 2. The average Bonchev–Trinajstić information content (AvgIpc) is 3.04. The first-order chi connectivity index (χ1) is 14.4. The highest BCUT2D eigenvalue weighted by Crippen LogP contribution is 2.27. The van der Waals surface area contributed by atoms with E-state index in [0.29, 0.717) is 35.8 Å². The third-order valence-corrected chi connectivity index (χ3v) is 7.12. The van der Waals surface area contributed by atoms with E-state index in [1.807, 2.05) is 6.07 Å². The van der Waals surface area contributed by atoms with Crippen molar-refractivity contribution in [3.63, 3.8) is 0 Å². The van der Waals surface area contributed by atoms with E-state index in [-0.39, 0.29) is 17.4 Å². The zero-order valence-electron chi connectivity index (χ0n) is 17.4. The minimum Gasteiger partial charge on any atom is -0.493 e. The molecular weight excluding hydrogens is 404 g/mol. The van der Waals surface area contributed by atoms with Gasteiger partial charge in [-0.2, -0.15) is 4.31 Å². The summed E-state index contributed by atoms with van der Waals surface area (Å²) in [5, 5.41) is 2.72. The third-order valence-electron chi connectivity index (χ3n) is 5.08. The topological polar surface area (TPSA) is 84.9 Å². The van der Waals surface area contributed by atoms with Gasteiger partial charge in [0.05, 0.1) is 12.0 Å². The van der Waals surface area contributed by atoms with Gasteiger partial charge in [0.1, 0.15) is 0 Å². The summed E-state index contributed by atoms with van der Waals surface area (Å²) in [5.41, 5.74) is 1.07. The molecule has 2 aromatic rings. The number of nitrogens with zero attached hydrogens (tertiary/aromatic N) is 1. The Morgan fingerprint density at radius 2 is 1.70 bits per heavy atom. The van der Waals surface area contributed by atoms with Gasteiger partial charge in [-0.3, -0.25) is 4.79 Å². The average molecular weight is 433 g/mol. The quantitative estimate of drug-likeness (QED) is 0.723. The Morgan fingerprint density at radius 1 is 1.03 bits per heavy atom. The second-order valence-electron chi connectivity index (χ2n) is 7.29. The minimum atomic E-state index is -3.60. The van der Waals surface area contributed by atoms with E-state index in [4.69, 9.17) is 9.47 Å². The summed E-state index contributed by atoms with van der Waals surface area (Å²) in [6.07, 6.45) is 3.84. The van der Waals surface area contributed by atoms with E-state index in [0.717, 1.165) is 25.7 Å². The maximum Gasteiger partial charge on any atom is 0.262 e. The van der Waals surface area contributed by atoms with E-state index in [2.05, 4.69) is 5.32 Å². The van der Waals surface area contributed by atoms with Crippen LogP contribution in [0.25, 0.3) is 0 Å². The van der Waals surface area contributed by atoms with Gasteiger partial charge in [0.2, 0.25) is 10.0 Å². The summed E-state index contributed by atoms with van der Waals surface area (Å²) in [4.78, 5) is 12.6. The van der Waals surface area contributed by atoms with E-state index in [1.165, 1.54) is 13.2 Å². The van der Waals surface area contributed by atoms with Gasteiger partial charge in [-0.1, -0.05) is 31.0 Å². The lowest BCUT2D eigenvalue weighted by Crippen LogP contribution is -2.32. The second kappa shape index (κ2) is 9.95. The van der Waals surface area contributed by atoms with Crippen molar-refractivity contribution in [3.05, 3.63) is 48.0 Å². The Labute approximate surface area is 178 Å². The molecule has 1 heterocycles. The Bertz CT molecular complexity index is 983. The molecule has 1 fully saturated rings. The van der Waals surface area contributed by atoms with E-state index in [9.17, 15) is 13.2 Å². The number of rotatable bonds is 7. The summed E-state index contributed by atoms with van der Waals surface area (Å²) < 4.78 is 38.6. The fourth-order valence-electron chi connectivity index (χ4n) is 3.46. The molecular formula is C22H28N2O5S. The van der Waals surface area contributed by atoms with Gasteiger partial charge in [0.15, 0.2) is 18.1 Å². The van der Waals surface area contributed by atoms with E-state index in [1.54, 1.807) is 41.6 Å². The number of carbonyl (C=O) groups excluding carboxylic acids is 1. The van der Waals surface area contributed by atoms with Gasteiger partial charge in [-0.05, 0) is 49.6 Å². The van der Waals surface area contributed by atoms with Crippen LogP contribution in [0.15, 0.2) is 47.4 Å². The molecule has 1 amide bonds. The summed E-state index contributed by atoms with van der Waals surface area (Å²) in [6, 6.07) is 12.0. The van der Waals surface area contributed by atoms with Crippen molar-refractivity contribution in [3.8, 4) is 11.5 Å². The molecule has 1 aliphatic rings. The van der Waals surface area contributed by atoms with Crippen LogP contribution in [0.1, 0.15) is 31.2 Å². The second-order valence-corrected chi connectivity index (χ2v) is 9.19. The number of ether oxygens (including phenoxy) is 2. The van der Waals surface area contributed by atoms with Crippen LogP contribution >= 0.6 is 0 Å². The van der Waals surface area contributed by atoms with Gasteiger partial charge in [0, 0.05) is 18.8 Å². The Morgan fingerprint density at radius 3 is 2.37 bits per heavy atom. The maximum absolute atomic E-state index is 13.2. The normalized spacial score (nSPS) is 15.3. The standard InChI is InChI=1S/C22H28N2O5S/c1-17-11-12-18(15-21(17)30(26,27)24-13-7-3-4-8-14-24)23-22(25)16-29-20-10-6-5-9-19(20)28-2/h5-6,9-12,15H,3-4,7-8,13-14,16H2,1-2H3,(H,23,25). The SMILES string of the molecule is COc1ccccc1OCC(=O)Nc1ccc(C)c(S(=O)(=O)N2CCCCCC2)c1. The van der Waals surface area contributed by atoms with Crippen LogP contribution in [0.5, 0.6) is 11.5 Å². The molecule has 0 spiro atoms. The molecule has 30 heavy (non-hydrogen) atoms. The van der Waals surface area contributed by atoms with Crippen LogP contribution < -0.4 is 14.8 Å². The molecule has 0 atom stereocenters. The molecule has 1 N–H and O–H groups in total. The zero-order valence-corrected chi connectivity index (χ0v) is 18.2. The van der Waals surface area contributed by atoms with Crippen LogP contribution in [-0.4, -0.2) is 45.4 Å². The van der Waals surface area contributed by atoms with Crippen molar-refractivity contribution < 1.29 is 22.7 Å². The molecule has 1 saturated heterocycles. The van der Waals surface area contributed by atoms with Crippen molar-refractivity contribution in [2.24, 2.45) is 0 Å². The highest BCUT2D eigenvalue weighted by atomic mass is 32.2. The molecule has 8 heteroatoms. The number of aryl methyl sites for hydroxylation is 1. The van der Waals surface area contributed by atoms with Crippen LogP contribution in [0.2, 0.25) is 0 Å². The smallest absolute Gasteiger partial charge is 0.262 e. The zero-order chi connectivity index (χ0) is 21.6. The Balaban J connectivity index is 1.70. The Hall–Kier alpha value is -2.58. The number of sulfonamides is 1. The maximum atomic E-state index is 13.2. The first-order valence-corrected chi connectivity index (χ1v) is 11.5. The first-order valence-electron chi connectivity index (χ1n) is 10.1. The predicted molar refractivity (Wildman–Crippen MR) is 116 cm³/mol.